The van der Waals surface area contributed by atoms with Crippen molar-refractivity contribution >= 4 is 33.0 Å². The van der Waals surface area contributed by atoms with Gasteiger partial charge in [0.1, 0.15) is 11.8 Å². The SMILES string of the molecule is CCOc1ccc(NC(=O)C(CC)N(c2cccc([N+](=O)[O-])c2)S(C)(=O)=O)cc1. The molecular weight excluding hydrogens is 398 g/mol. The van der Waals surface area contributed by atoms with E-state index in [1.165, 1.54) is 18.2 Å². The van der Waals surface area contributed by atoms with Crippen molar-refractivity contribution in [3.8, 4) is 5.75 Å². The molecule has 10 heteroatoms. The molecule has 0 spiro atoms. The number of hydrogen-bond donors (Lipinski definition) is 1. The van der Waals surface area contributed by atoms with Crippen molar-refractivity contribution in [3.63, 3.8) is 0 Å². The second kappa shape index (κ2) is 9.37. The predicted octanol–water partition coefficient (Wildman–Crippen LogP) is 3.18. The Balaban J connectivity index is 2.34. The van der Waals surface area contributed by atoms with Crippen molar-refractivity contribution in [1.82, 2.24) is 0 Å². The van der Waals surface area contributed by atoms with Gasteiger partial charge in [-0.3, -0.25) is 19.2 Å². The van der Waals surface area contributed by atoms with Crippen LogP contribution in [0.2, 0.25) is 0 Å². The van der Waals surface area contributed by atoms with Crippen LogP contribution in [0.5, 0.6) is 5.75 Å². The number of nitro groups is 1. The summed E-state index contributed by atoms with van der Waals surface area (Å²) in [6.45, 7) is 4.03. The van der Waals surface area contributed by atoms with Crippen LogP contribution in [-0.4, -0.2) is 38.2 Å². The molecule has 2 aromatic rings. The van der Waals surface area contributed by atoms with Crippen molar-refractivity contribution in [3.05, 3.63) is 58.6 Å². The lowest BCUT2D eigenvalue weighted by Gasteiger charge is -2.30. The molecule has 0 saturated heterocycles. The Morgan fingerprint density at radius 1 is 1.21 bits per heavy atom. The quantitative estimate of drug-likeness (QED) is 0.491. The minimum Gasteiger partial charge on any atom is -0.494 e. The van der Waals surface area contributed by atoms with Gasteiger partial charge in [-0.05, 0) is 43.7 Å². The van der Waals surface area contributed by atoms with Crippen LogP contribution in [0.3, 0.4) is 0 Å². The van der Waals surface area contributed by atoms with Crippen LogP contribution in [-0.2, 0) is 14.8 Å². The van der Waals surface area contributed by atoms with E-state index in [2.05, 4.69) is 5.32 Å². The van der Waals surface area contributed by atoms with Gasteiger partial charge in [-0.2, -0.15) is 0 Å². The van der Waals surface area contributed by atoms with E-state index in [9.17, 15) is 23.3 Å². The van der Waals surface area contributed by atoms with E-state index in [4.69, 9.17) is 4.74 Å². The summed E-state index contributed by atoms with van der Waals surface area (Å²) < 4.78 is 31.1. The molecule has 156 valence electrons. The lowest BCUT2D eigenvalue weighted by Crippen LogP contribution is -2.47. The number of ether oxygens (including phenoxy) is 1. The number of nitro benzene ring substituents is 1. The molecule has 9 nitrogen and oxygen atoms in total. The molecule has 1 N–H and O–H groups in total. The standard InChI is InChI=1S/C19H23N3O6S/c1-4-18(19(23)20-14-9-11-17(12-10-14)28-5-2)21(29(3,26)27)15-7-6-8-16(13-15)22(24)25/h6-13,18H,4-5H2,1-3H3,(H,20,23). The van der Waals surface area contributed by atoms with Gasteiger partial charge in [0.15, 0.2) is 0 Å². The first kappa shape index (κ1) is 22.2. The summed E-state index contributed by atoms with van der Waals surface area (Å²) in [5, 5.41) is 13.7. The summed E-state index contributed by atoms with van der Waals surface area (Å²) >= 11 is 0. The van der Waals surface area contributed by atoms with E-state index < -0.39 is 26.9 Å². The molecular formula is C19H23N3O6S. The molecule has 29 heavy (non-hydrogen) atoms. The molecule has 1 unspecified atom stereocenters. The first-order valence-electron chi connectivity index (χ1n) is 8.95. The molecule has 0 aliphatic rings. The van der Waals surface area contributed by atoms with E-state index in [-0.39, 0.29) is 17.8 Å². The van der Waals surface area contributed by atoms with Crippen LogP contribution in [0.1, 0.15) is 20.3 Å². The average molecular weight is 421 g/mol. The number of carbonyl (C=O) groups excluding carboxylic acids is 1. The van der Waals surface area contributed by atoms with Gasteiger partial charge < -0.3 is 10.1 Å². The third kappa shape index (κ3) is 5.67. The summed E-state index contributed by atoms with van der Waals surface area (Å²) in [4.78, 5) is 23.3. The number of sulfonamides is 1. The number of benzene rings is 2. The Labute approximate surface area is 169 Å². The molecule has 1 atom stereocenters. The van der Waals surface area contributed by atoms with Crippen molar-refractivity contribution in [2.24, 2.45) is 0 Å². The molecule has 2 rings (SSSR count). The Morgan fingerprint density at radius 3 is 2.38 bits per heavy atom. The third-order valence-electron chi connectivity index (χ3n) is 4.06. The highest BCUT2D eigenvalue weighted by Crippen LogP contribution is 2.27. The summed E-state index contributed by atoms with van der Waals surface area (Å²) in [6, 6.07) is 10.8. The summed E-state index contributed by atoms with van der Waals surface area (Å²) in [6.07, 6.45) is 1.12. The highest BCUT2D eigenvalue weighted by atomic mass is 32.2. The number of non-ortho nitro benzene ring substituents is 1. The molecule has 0 radical (unpaired) electrons. The zero-order valence-electron chi connectivity index (χ0n) is 16.4. The summed E-state index contributed by atoms with van der Waals surface area (Å²) in [5.41, 5.74) is 0.262. The van der Waals surface area contributed by atoms with Gasteiger partial charge in [0.05, 0.1) is 23.5 Å². The van der Waals surface area contributed by atoms with E-state index in [0.717, 1.165) is 16.6 Å². The Morgan fingerprint density at radius 2 is 1.86 bits per heavy atom. The zero-order chi connectivity index (χ0) is 21.6. The first-order valence-corrected chi connectivity index (χ1v) is 10.8. The van der Waals surface area contributed by atoms with E-state index in [0.29, 0.717) is 18.0 Å². The van der Waals surface area contributed by atoms with Crippen molar-refractivity contribution in [2.45, 2.75) is 26.3 Å². The highest BCUT2D eigenvalue weighted by Gasteiger charge is 2.32. The number of nitrogens with one attached hydrogen (secondary N) is 1. The fourth-order valence-electron chi connectivity index (χ4n) is 2.83. The monoisotopic (exact) mass is 421 g/mol. The number of carbonyl (C=O) groups is 1. The van der Waals surface area contributed by atoms with Crippen LogP contribution in [0.15, 0.2) is 48.5 Å². The Kier molecular flexibility index (Phi) is 7.16. The number of amides is 1. The third-order valence-corrected chi connectivity index (χ3v) is 5.24. The summed E-state index contributed by atoms with van der Waals surface area (Å²) in [5.74, 6) is 0.0977. The lowest BCUT2D eigenvalue weighted by atomic mass is 10.1. The smallest absolute Gasteiger partial charge is 0.271 e. The van der Waals surface area contributed by atoms with Crippen LogP contribution >= 0.6 is 0 Å². The van der Waals surface area contributed by atoms with E-state index in [1.54, 1.807) is 31.2 Å². The normalized spacial score (nSPS) is 12.1. The molecule has 0 aliphatic carbocycles. The van der Waals surface area contributed by atoms with Gasteiger partial charge in [-0.25, -0.2) is 8.42 Å². The zero-order valence-corrected chi connectivity index (χ0v) is 17.2. The van der Waals surface area contributed by atoms with Gasteiger partial charge in [0.25, 0.3) is 5.69 Å². The molecule has 0 aromatic heterocycles. The number of anilines is 2. The number of hydrogen-bond acceptors (Lipinski definition) is 6. The molecule has 2 aromatic carbocycles. The maximum absolute atomic E-state index is 12.9. The van der Waals surface area contributed by atoms with Gasteiger partial charge in [0, 0.05) is 17.8 Å². The van der Waals surface area contributed by atoms with Crippen molar-refractivity contribution in [1.29, 1.82) is 0 Å². The Hall–Kier alpha value is -3.14. The highest BCUT2D eigenvalue weighted by molar-refractivity contribution is 7.92. The topological polar surface area (TPSA) is 119 Å². The van der Waals surface area contributed by atoms with Crippen LogP contribution in [0, 0.1) is 10.1 Å². The fraction of sp³-hybridized carbons (Fsp3) is 0.316. The van der Waals surface area contributed by atoms with Crippen LogP contribution in [0.25, 0.3) is 0 Å². The number of nitrogens with zero attached hydrogens (tertiary/aromatic N) is 2. The molecule has 0 heterocycles. The summed E-state index contributed by atoms with van der Waals surface area (Å²) in [7, 11) is -3.89. The van der Waals surface area contributed by atoms with Gasteiger partial charge in [-0.15, -0.1) is 0 Å². The second-order valence-corrected chi connectivity index (χ2v) is 8.07. The van der Waals surface area contributed by atoms with Crippen LogP contribution < -0.4 is 14.4 Å². The average Bonchev–Trinajstić information content (AvgIpc) is 2.66. The largest absolute Gasteiger partial charge is 0.494 e. The van der Waals surface area contributed by atoms with Gasteiger partial charge in [0.2, 0.25) is 15.9 Å². The molecule has 1 amide bonds. The molecule has 0 aliphatic heterocycles. The van der Waals surface area contributed by atoms with E-state index >= 15 is 0 Å². The minimum atomic E-state index is -3.89. The maximum Gasteiger partial charge on any atom is 0.271 e. The fourth-order valence-corrected chi connectivity index (χ4v) is 4.03. The van der Waals surface area contributed by atoms with Crippen molar-refractivity contribution in [2.75, 3.05) is 22.5 Å². The maximum atomic E-state index is 12.9. The van der Waals surface area contributed by atoms with Crippen molar-refractivity contribution < 1.29 is 22.9 Å². The minimum absolute atomic E-state index is 0.0513. The first-order chi connectivity index (χ1) is 13.7. The van der Waals surface area contributed by atoms with Gasteiger partial charge in [-0.1, -0.05) is 13.0 Å². The second-order valence-electron chi connectivity index (χ2n) is 6.21. The predicted molar refractivity (Wildman–Crippen MR) is 111 cm³/mol. The lowest BCUT2D eigenvalue weighted by molar-refractivity contribution is -0.384. The molecule has 0 bridgehead atoms. The van der Waals surface area contributed by atoms with Crippen LogP contribution in [0.4, 0.5) is 17.1 Å². The van der Waals surface area contributed by atoms with Gasteiger partial charge >= 0.3 is 0 Å². The van der Waals surface area contributed by atoms with E-state index in [1.807, 2.05) is 6.92 Å². The molecule has 0 fully saturated rings. The number of rotatable bonds is 9. The Bertz CT molecular complexity index is 976. The molecule has 0 saturated carbocycles.